The summed E-state index contributed by atoms with van der Waals surface area (Å²) in [5.41, 5.74) is 0.690. The number of halogens is 1. The molecule has 0 bridgehead atoms. The maximum Gasteiger partial charge on any atom is 0.141 e. The third kappa shape index (κ3) is 5.26. The Balaban J connectivity index is 2.41. The maximum atomic E-state index is 9.85. The van der Waals surface area contributed by atoms with Crippen molar-refractivity contribution < 1.29 is 5.11 Å². The molecule has 0 amide bonds. The van der Waals surface area contributed by atoms with Crippen LogP contribution in [0.2, 0.25) is 5.02 Å². The highest BCUT2D eigenvalue weighted by Crippen LogP contribution is 2.21. The lowest BCUT2D eigenvalue weighted by Gasteiger charge is -2.05. The van der Waals surface area contributed by atoms with E-state index in [9.17, 15) is 5.11 Å². The van der Waals surface area contributed by atoms with Gasteiger partial charge in [-0.2, -0.15) is 0 Å². The van der Waals surface area contributed by atoms with E-state index < -0.39 is 6.10 Å². The van der Waals surface area contributed by atoms with Crippen molar-refractivity contribution in [2.75, 3.05) is 0 Å². The summed E-state index contributed by atoms with van der Waals surface area (Å²) >= 11 is 5.97. The van der Waals surface area contributed by atoms with Crippen LogP contribution in [-0.4, -0.2) is 5.11 Å². The number of unbranched alkanes of at least 4 members (excludes halogenated alkanes) is 4. The number of hydrogen-bond donors (Lipinski definition) is 1. The van der Waals surface area contributed by atoms with Crippen molar-refractivity contribution in [2.24, 2.45) is 0 Å². The summed E-state index contributed by atoms with van der Waals surface area (Å²) in [4.78, 5) is 0. The summed E-state index contributed by atoms with van der Waals surface area (Å²) in [5, 5.41) is 10.4. The number of aliphatic hydroxyl groups is 1. The molecule has 0 radical (unpaired) electrons. The first-order valence-corrected chi connectivity index (χ1v) is 6.54. The molecule has 0 fully saturated rings. The van der Waals surface area contributed by atoms with Crippen LogP contribution >= 0.6 is 11.6 Å². The smallest absolute Gasteiger partial charge is 0.141 e. The Labute approximate surface area is 109 Å². The Hall–Kier alpha value is -0.970. The Morgan fingerprint density at radius 2 is 2.00 bits per heavy atom. The fourth-order valence-corrected chi connectivity index (χ4v) is 1.82. The van der Waals surface area contributed by atoms with Gasteiger partial charge in [-0.1, -0.05) is 61.9 Å². The third-order valence-corrected chi connectivity index (χ3v) is 2.94. The van der Waals surface area contributed by atoms with Gasteiger partial charge in [0.1, 0.15) is 6.10 Å². The second-order valence-electron chi connectivity index (χ2n) is 4.06. The van der Waals surface area contributed by atoms with Crippen LogP contribution in [0.1, 0.15) is 50.7 Å². The van der Waals surface area contributed by atoms with Gasteiger partial charge < -0.3 is 5.11 Å². The Bertz CT molecular complexity index is 389. The predicted molar refractivity (Wildman–Crippen MR) is 72.9 cm³/mol. The average molecular weight is 251 g/mol. The normalized spacial score (nSPS) is 11.7. The molecule has 1 unspecified atom stereocenters. The van der Waals surface area contributed by atoms with Gasteiger partial charge in [0.05, 0.1) is 0 Å². The van der Waals surface area contributed by atoms with E-state index >= 15 is 0 Å². The molecule has 0 aliphatic rings. The molecule has 0 aromatic heterocycles. The predicted octanol–water partition coefficient (Wildman–Crippen LogP) is 4.35. The highest BCUT2D eigenvalue weighted by atomic mass is 35.5. The molecule has 1 N–H and O–H groups in total. The Morgan fingerprint density at radius 1 is 1.24 bits per heavy atom. The molecule has 0 heterocycles. The van der Waals surface area contributed by atoms with Gasteiger partial charge in [0.2, 0.25) is 0 Å². The molecule has 0 aliphatic heterocycles. The molecule has 0 saturated heterocycles. The van der Waals surface area contributed by atoms with Crippen LogP contribution in [0.3, 0.4) is 0 Å². The minimum absolute atomic E-state index is 0.570. The molecule has 1 rings (SSSR count). The van der Waals surface area contributed by atoms with Gasteiger partial charge in [-0.15, -0.1) is 5.92 Å². The molecule has 0 saturated carbocycles. The number of hydrogen-bond acceptors (Lipinski definition) is 1. The summed E-state index contributed by atoms with van der Waals surface area (Å²) in [7, 11) is 0. The summed E-state index contributed by atoms with van der Waals surface area (Å²) in [5.74, 6) is 5.85. The largest absolute Gasteiger partial charge is 0.376 e. The highest BCUT2D eigenvalue weighted by Gasteiger charge is 2.06. The lowest BCUT2D eigenvalue weighted by atomic mass is 10.1. The molecule has 1 atom stereocenters. The van der Waals surface area contributed by atoms with Gasteiger partial charge in [0.15, 0.2) is 0 Å². The molecular formula is C15H19ClO. The molecule has 1 aromatic rings. The fourth-order valence-electron chi connectivity index (χ4n) is 1.58. The van der Waals surface area contributed by atoms with Crippen molar-refractivity contribution >= 4 is 11.6 Å². The fraction of sp³-hybridized carbons (Fsp3) is 0.467. The molecule has 17 heavy (non-hydrogen) atoms. The van der Waals surface area contributed by atoms with Gasteiger partial charge in [-0.3, -0.25) is 0 Å². The second-order valence-corrected chi connectivity index (χ2v) is 4.46. The first-order chi connectivity index (χ1) is 8.25. The standard InChI is InChI=1S/C15H19ClO/c1-2-3-4-5-6-7-12-15(17)13-10-8-9-11-14(13)16/h8-11,15,17H,2-6H2,1H3. The van der Waals surface area contributed by atoms with Crippen LogP contribution in [0, 0.1) is 11.8 Å². The highest BCUT2D eigenvalue weighted by molar-refractivity contribution is 6.31. The zero-order chi connectivity index (χ0) is 12.5. The van der Waals surface area contributed by atoms with Crippen molar-refractivity contribution in [1.29, 1.82) is 0 Å². The van der Waals surface area contributed by atoms with Crippen molar-refractivity contribution in [2.45, 2.75) is 45.1 Å². The van der Waals surface area contributed by atoms with Crippen LogP contribution < -0.4 is 0 Å². The third-order valence-electron chi connectivity index (χ3n) is 2.59. The minimum atomic E-state index is -0.769. The lowest BCUT2D eigenvalue weighted by molar-refractivity contribution is 0.238. The van der Waals surface area contributed by atoms with Gasteiger partial charge in [-0.05, 0) is 12.5 Å². The molecule has 2 heteroatoms. The molecule has 0 aliphatic carbocycles. The van der Waals surface area contributed by atoms with Gasteiger partial charge in [0, 0.05) is 17.0 Å². The number of rotatable bonds is 5. The van der Waals surface area contributed by atoms with Gasteiger partial charge >= 0.3 is 0 Å². The van der Waals surface area contributed by atoms with E-state index in [2.05, 4.69) is 18.8 Å². The van der Waals surface area contributed by atoms with Crippen molar-refractivity contribution in [3.05, 3.63) is 34.9 Å². The summed E-state index contributed by atoms with van der Waals surface area (Å²) in [6, 6.07) is 7.27. The quantitative estimate of drug-likeness (QED) is 0.609. The monoisotopic (exact) mass is 250 g/mol. The van der Waals surface area contributed by atoms with E-state index in [1.807, 2.05) is 12.1 Å². The van der Waals surface area contributed by atoms with E-state index in [4.69, 9.17) is 11.6 Å². The van der Waals surface area contributed by atoms with E-state index in [0.29, 0.717) is 10.6 Å². The molecular weight excluding hydrogens is 232 g/mol. The van der Waals surface area contributed by atoms with Crippen LogP contribution in [0.4, 0.5) is 0 Å². The second kappa shape index (κ2) is 8.17. The zero-order valence-corrected chi connectivity index (χ0v) is 11.0. The van der Waals surface area contributed by atoms with Gasteiger partial charge in [-0.25, -0.2) is 0 Å². The van der Waals surface area contributed by atoms with E-state index in [-0.39, 0.29) is 0 Å². The molecule has 1 aromatic carbocycles. The van der Waals surface area contributed by atoms with Crippen LogP contribution in [0.5, 0.6) is 0 Å². The first-order valence-electron chi connectivity index (χ1n) is 6.16. The van der Waals surface area contributed by atoms with Crippen molar-refractivity contribution in [3.63, 3.8) is 0 Å². The first kappa shape index (κ1) is 14.1. The van der Waals surface area contributed by atoms with Gasteiger partial charge in [0.25, 0.3) is 0 Å². The van der Waals surface area contributed by atoms with Crippen molar-refractivity contribution in [3.8, 4) is 11.8 Å². The Morgan fingerprint density at radius 3 is 2.71 bits per heavy atom. The lowest BCUT2D eigenvalue weighted by Crippen LogP contribution is -1.94. The Kier molecular flexibility index (Phi) is 6.77. The molecule has 92 valence electrons. The summed E-state index contributed by atoms with van der Waals surface area (Å²) in [6.45, 7) is 2.19. The summed E-state index contributed by atoms with van der Waals surface area (Å²) < 4.78 is 0. The summed E-state index contributed by atoms with van der Waals surface area (Å²) in [6.07, 6.45) is 4.89. The van der Waals surface area contributed by atoms with Crippen LogP contribution in [0.15, 0.2) is 24.3 Å². The average Bonchev–Trinajstić information content (AvgIpc) is 2.34. The number of aliphatic hydroxyl groups excluding tert-OH is 1. The number of benzene rings is 1. The zero-order valence-electron chi connectivity index (χ0n) is 10.2. The van der Waals surface area contributed by atoms with E-state index in [1.54, 1.807) is 12.1 Å². The van der Waals surface area contributed by atoms with Crippen molar-refractivity contribution in [1.82, 2.24) is 0 Å². The van der Waals surface area contributed by atoms with E-state index in [1.165, 1.54) is 19.3 Å². The molecule has 0 spiro atoms. The van der Waals surface area contributed by atoms with Crippen LogP contribution in [0.25, 0.3) is 0 Å². The topological polar surface area (TPSA) is 20.2 Å². The maximum absolute atomic E-state index is 9.85. The SMILES string of the molecule is CCCCCCC#CC(O)c1ccccc1Cl. The minimum Gasteiger partial charge on any atom is -0.376 e. The van der Waals surface area contributed by atoms with Crippen LogP contribution in [-0.2, 0) is 0 Å². The molecule has 1 nitrogen and oxygen atoms in total. The van der Waals surface area contributed by atoms with E-state index in [0.717, 1.165) is 12.8 Å².